The largest absolute Gasteiger partial charge is 0.384 e. The van der Waals surface area contributed by atoms with Gasteiger partial charge in [0, 0.05) is 52.1 Å². The highest BCUT2D eigenvalue weighted by molar-refractivity contribution is 5.92. The molecule has 0 unspecified atom stereocenters. The molecule has 140 valence electrons. The molecule has 1 aromatic rings. The van der Waals surface area contributed by atoms with Crippen LogP contribution in [0.1, 0.15) is 36.2 Å². The van der Waals surface area contributed by atoms with Gasteiger partial charge in [0.05, 0.1) is 0 Å². The molecule has 8 heteroatoms. The summed E-state index contributed by atoms with van der Waals surface area (Å²) < 4.78 is 0. The number of nitrogens with zero attached hydrogens (tertiary/aromatic N) is 4. The summed E-state index contributed by atoms with van der Waals surface area (Å²) in [4.78, 5) is 46.0. The number of likely N-dealkylation sites (tertiary alicyclic amines) is 1. The number of aromatic nitrogens is 1. The maximum atomic E-state index is 12.6. The molecule has 0 spiro atoms. The molecule has 3 amide bonds. The summed E-state index contributed by atoms with van der Waals surface area (Å²) in [7, 11) is 0. The molecule has 0 aliphatic carbocycles. The van der Waals surface area contributed by atoms with Crippen molar-refractivity contribution in [3.8, 4) is 0 Å². The van der Waals surface area contributed by atoms with Gasteiger partial charge >= 0.3 is 0 Å². The fourth-order valence-electron chi connectivity index (χ4n) is 3.43. The summed E-state index contributed by atoms with van der Waals surface area (Å²) in [6.45, 7) is 3.43. The van der Waals surface area contributed by atoms with Gasteiger partial charge in [0.15, 0.2) is 0 Å². The number of rotatable bonds is 4. The molecule has 2 aliphatic heterocycles. The van der Waals surface area contributed by atoms with E-state index < -0.39 is 0 Å². The van der Waals surface area contributed by atoms with Crippen LogP contribution in [0.3, 0.4) is 0 Å². The minimum atomic E-state index is -0.158. The lowest BCUT2D eigenvalue weighted by Crippen LogP contribution is -2.39. The SMILES string of the molecule is Nc1cccc(C(=O)N2CCCN(C(=O)CCN3CCCC3=O)CC2)n1. The minimum absolute atomic E-state index is 0.0427. The predicted molar refractivity (Wildman–Crippen MR) is 96.2 cm³/mol. The lowest BCUT2D eigenvalue weighted by molar-refractivity contribution is -0.132. The van der Waals surface area contributed by atoms with Gasteiger partial charge in [-0.1, -0.05) is 6.07 Å². The van der Waals surface area contributed by atoms with E-state index in [2.05, 4.69) is 4.98 Å². The van der Waals surface area contributed by atoms with Crippen LogP contribution in [0, 0.1) is 0 Å². The molecule has 26 heavy (non-hydrogen) atoms. The van der Waals surface area contributed by atoms with Gasteiger partial charge in [0.25, 0.3) is 5.91 Å². The number of hydrogen-bond donors (Lipinski definition) is 1. The van der Waals surface area contributed by atoms with Crippen molar-refractivity contribution < 1.29 is 14.4 Å². The van der Waals surface area contributed by atoms with Crippen molar-refractivity contribution in [2.45, 2.75) is 25.7 Å². The van der Waals surface area contributed by atoms with Crippen LogP contribution in [0.15, 0.2) is 18.2 Å². The Kier molecular flexibility index (Phi) is 5.70. The maximum Gasteiger partial charge on any atom is 0.272 e. The number of nitrogen functional groups attached to an aromatic ring is 1. The van der Waals surface area contributed by atoms with Crippen LogP contribution in [-0.2, 0) is 9.59 Å². The van der Waals surface area contributed by atoms with E-state index in [4.69, 9.17) is 5.73 Å². The monoisotopic (exact) mass is 359 g/mol. The number of carbonyl (C=O) groups is 3. The second-order valence-electron chi connectivity index (χ2n) is 6.71. The van der Waals surface area contributed by atoms with E-state index in [0.29, 0.717) is 57.1 Å². The number of hydrogen-bond acceptors (Lipinski definition) is 5. The fourth-order valence-corrected chi connectivity index (χ4v) is 3.43. The molecule has 0 saturated carbocycles. The Morgan fingerprint density at radius 1 is 1.04 bits per heavy atom. The third-order valence-electron chi connectivity index (χ3n) is 4.89. The van der Waals surface area contributed by atoms with Crippen LogP contribution < -0.4 is 5.73 Å². The normalized spacial score (nSPS) is 18.2. The molecule has 0 bridgehead atoms. The molecule has 0 radical (unpaired) electrons. The van der Waals surface area contributed by atoms with Crippen molar-refractivity contribution in [2.75, 3.05) is 45.0 Å². The van der Waals surface area contributed by atoms with Gasteiger partial charge < -0.3 is 20.4 Å². The second kappa shape index (κ2) is 8.16. The molecule has 3 rings (SSSR count). The highest BCUT2D eigenvalue weighted by atomic mass is 16.2. The highest BCUT2D eigenvalue weighted by Gasteiger charge is 2.25. The number of amides is 3. The Labute approximate surface area is 152 Å². The van der Waals surface area contributed by atoms with Gasteiger partial charge in [-0.2, -0.15) is 0 Å². The molecule has 3 heterocycles. The van der Waals surface area contributed by atoms with Gasteiger partial charge in [0.2, 0.25) is 11.8 Å². The van der Waals surface area contributed by atoms with Gasteiger partial charge in [-0.3, -0.25) is 14.4 Å². The number of nitrogens with two attached hydrogens (primary N) is 1. The van der Waals surface area contributed by atoms with E-state index in [0.717, 1.165) is 19.4 Å². The minimum Gasteiger partial charge on any atom is -0.384 e. The first-order valence-electron chi connectivity index (χ1n) is 9.12. The summed E-state index contributed by atoms with van der Waals surface area (Å²) in [5.74, 6) is 0.342. The summed E-state index contributed by atoms with van der Waals surface area (Å²) in [6.07, 6.45) is 2.54. The molecule has 0 aromatic carbocycles. The number of anilines is 1. The maximum absolute atomic E-state index is 12.6. The zero-order valence-corrected chi connectivity index (χ0v) is 14.9. The van der Waals surface area contributed by atoms with E-state index in [9.17, 15) is 14.4 Å². The highest BCUT2D eigenvalue weighted by Crippen LogP contribution is 2.12. The van der Waals surface area contributed by atoms with Gasteiger partial charge in [0.1, 0.15) is 11.5 Å². The standard InChI is InChI=1S/C18H25N5O3/c19-15-5-1-4-14(20-15)18(26)23-10-3-9-22(12-13-23)17(25)7-11-21-8-2-6-16(21)24/h1,4-5H,2-3,6-13H2,(H2,19,20). The smallest absolute Gasteiger partial charge is 0.272 e. The molecule has 2 aliphatic rings. The molecule has 2 fully saturated rings. The zero-order chi connectivity index (χ0) is 18.5. The molecule has 1 aromatic heterocycles. The van der Waals surface area contributed by atoms with E-state index in [1.165, 1.54) is 0 Å². The van der Waals surface area contributed by atoms with Crippen LogP contribution in [0.4, 0.5) is 5.82 Å². The number of pyridine rings is 1. The van der Waals surface area contributed by atoms with Crippen LogP contribution in [0.2, 0.25) is 0 Å². The summed E-state index contributed by atoms with van der Waals surface area (Å²) >= 11 is 0. The topological polar surface area (TPSA) is 99.8 Å². The molecule has 8 nitrogen and oxygen atoms in total. The molecular formula is C18H25N5O3. The van der Waals surface area contributed by atoms with E-state index >= 15 is 0 Å². The van der Waals surface area contributed by atoms with Crippen molar-refractivity contribution in [1.82, 2.24) is 19.7 Å². The van der Waals surface area contributed by atoms with E-state index in [-0.39, 0.29) is 17.7 Å². The van der Waals surface area contributed by atoms with E-state index in [1.54, 1.807) is 32.9 Å². The van der Waals surface area contributed by atoms with Gasteiger partial charge in [-0.25, -0.2) is 4.98 Å². The van der Waals surface area contributed by atoms with Crippen molar-refractivity contribution in [2.24, 2.45) is 0 Å². The molecule has 2 N–H and O–H groups in total. The molecular weight excluding hydrogens is 334 g/mol. The first kappa shape index (κ1) is 18.2. The van der Waals surface area contributed by atoms with Crippen LogP contribution in [0.25, 0.3) is 0 Å². The van der Waals surface area contributed by atoms with E-state index in [1.807, 2.05) is 0 Å². The Hall–Kier alpha value is -2.64. The molecule has 2 saturated heterocycles. The zero-order valence-electron chi connectivity index (χ0n) is 14.9. The van der Waals surface area contributed by atoms with Crippen molar-refractivity contribution in [3.63, 3.8) is 0 Å². The van der Waals surface area contributed by atoms with Gasteiger partial charge in [-0.05, 0) is 25.0 Å². The number of carbonyl (C=O) groups excluding carboxylic acids is 3. The second-order valence-corrected chi connectivity index (χ2v) is 6.71. The third-order valence-corrected chi connectivity index (χ3v) is 4.89. The lowest BCUT2D eigenvalue weighted by Gasteiger charge is -2.23. The summed E-state index contributed by atoms with van der Waals surface area (Å²) in [6, 6.07) is 5.01. The summed E-state index contributed by atoms with van der Waals surface area (Å²) in [5, 5.41) is 0. The quantitative estimate of drug-likeness (QED) is 0.836. The Balaban J connectivity index is 1.51. The van der Waals surface area contributed by atoms with Gasteiger partial charge in [-0.15, -0.1) is 0 Å². The Bertz CT molecular complexity index is 693. The van der Waals surface area contributed by atoms with Crippen LogP contribution >= 0.6 is 0 Å². The lowest BCUT2D eigenvalue weighted by atomic mass is 10.3. The first-order valence-corrected chi connectivity index (χ1v) is 9.12. The van der Waals surface area contributed by atoms with Crippen molar-refractivity contribution in [1.29, 1.82) is 0 Å². The molecule has 0 atom stereocenters. The average molecular weight is 359 g/mol. The Morgan fingerprint density at radius 3 is 2.54 bits per heavy atom. The van der Waals surface area contributed by atoms with Crippen LogP contribution in [0.5, 0.6) is 0 Å². The average Bonchev–Trinajstić information content (AvgIpc) is 2.90. The van der Waals surface area contributed by atoms with Crippen molar-refractivity contribution >= 4 is 23.5 Å². The third kappa shape index (κ3) is 4.30. The Morgan fingerprint density at radius 2 is 1.81 bits per heavy atom. The first-order chi connectivity index (χ1) is 12.5. The fraction of sp³-hybridized carbons (Fsp3) is 0.556. The van der Waals surface area contributed by atoms with Crippen LogP contribution in [-0.4, -0.2) is 76.7 Å². The summed E-state index contributed by atoms with van der Waals surface area (Å²) in [5.41, 5.74) is 5.98. The predicted octanol–water partition coefficient (Wildman–Crippen LogP) is 0.351. The van der Waals surface area contributed by atoms with Crippen molar-refractivity contribution in [3.05, 3.63) is 23.9 Å².